The predicted octanol–water partition coefficient (Wildman–Crippen LogP) is 2.59. The molecule has 0 saturated heterocycles. The minimum atomic E-state index is -0.0447. The monoisotopic (exact) mass is 327 g/mol. The van der Waals surface area contributed by atoms with Crippen molar-refractivity contribution in [3.63, 3.8) is 0 Å². The summed E-state index contributed by atoms with van der Waals surface area (Å²) in [5.74, 6) is -0.0700. The van der Waals surface area contributed by atoms with Crippen molar-refractivity contribution in [2.24, 2.45) is 0 Å². The Bertz CT molecular complexity index is 745. The number of nitrogens with one attached hydrogen (secondary N) is 2. The molecule has 2 N–H and O–H groups in total. The second kappa shape index (κ2) is 5.77. The SMILES string of the molecule is O=C(NC1CC1)c1ccc(-c2ncc(C(=O)NC3CC3)s2)cc1. The maximum atomic E-state index is 12.0. The lowest BCUT2D eigenvalue weighted by Crippen LogP contribution is -2.25. The van der Waals surface area contributed by atoms with E-state index in [2.05, 4.69) is 15.6 Å². The van der Waals surface area contributed by atoms with Crippen molar-refractivity contribution in [1.82, 2.24) is 15.6 Å². The summed E-state index contributed by atoms with van der Waals surface area (Å²) in [5, 5.41) is 6.72. The average Bonchev–Trinajstić information content (AvgIpc) is 3.49. The van der Waals surface area contributed by atoms with Gasteiger partial charge in [-0.3, -0.25) is 9.59 Å². The molecule has 5 nitrogen and oxygen atoms in total. The minimum absolute atomic E-state index is 0.0253. The molecule has 2 saturated carbocycles. The molecule has 2 aliphatic rings. The van der Waals surface area contributed by atoms with Gasteiger partial charge in [0.25, 0.3) is 11.8 Å². The van der Waals surface area contributed by atoms with Crippen molar-refractivity contribution in [3.05, 3.63) is 40.9 Å². The van der Waals surface area contributed by atoms with Crippen LogP contribution in [0.4, 0.5) is 0 Å². The summed E-state index contributed by atoms with van der Waals surface area (Å²) < 4.78 is 0. The maximum Gasteiger partial charge on any atom is 0.263 e. The highest BCUT2D eigenvalue weighted by molar-refractivity contribution is 7.16. The Morgan fingerprint density at radius 3 is 2.17 bits per heavy atom. The van der Waals surface area contributed by atoms with Gasteiger partial charge < -0.3 is 10.6 Å². The van der Waals surface area contributed by atoms with Crippen LogP contribution in [-0.2, 0) is 0 Å². The van der Waals surface area contributed by atoms with Gasteiger partial charge >= 0.3 is 0 Å². The van der Waals surface area contributed by atoms with E-state index in [0.29, 0.717) is 22.5 Å². The van der Waals surface area contributed by atoms with Crippen molar-refractivity contribution in [1.29, 1.82) is 0 Å². The second-order valence-electron chi connectivity index (χ2n) is 6.10. The number of carbonyl (C=O) groups excluding carboxylic acids is 2. The van der Waals surface area contributed by atoms with Gasteiger partial charge in [0.05, 0.1) is 6.20 Å². The quantitative estimate of drug-likeness (QED) is 0.887. The standard InChI is InChI=1S/C17H17N3O2S/c21-15(19-12-5-6-12)10-1-3-11(4-2-10)17-18-9-14(23-17)16(22)20-13-7-8-13/h1-4,9,12-13H,5-8H2,(H,19,21)(H,20,22). The van der Waals surface area contributed by atoms with E-state index in [1.54, 1.807) is 18.3 Å². The lowest BCUT2D eigenvalue weighted by molar-refractivity contribution is 0.0944. The fourth-order valence-corrected chi connectivity index (χ4v) is 3.08. The topological polar surface area (TPSA) is 71.1 Å². The molecule has 2 amide bonds. The van der Waals surface area contributed by atoms with Crippen LogP contribution >= 0.6 is 11.3 Å². The van der Waals surface area contributed by atoms with E-state index in [0.717, 1.165) is 36.3 Å². The molecule has 0 bridgehead atoms. The molecule has 6 heteroatoms. The van der Waals surface area contributed by atoms with Crippen molar-refractivity contribution < 1.29 is 9.59 Å². The molecule has 0 spiro atoms. The molecule has 118 valence electrons. The highest BCUT2D eigenvalue weighted by Gasteiger charge is 2.25. The molecule has 2 aliphatic carbocycles. The molecule has 2 fully saturated rings. The van der Waals surface area contributed by atoms with E-state index in [4.69, 9.17) is 0 Å². The maximum absolute atomic E-state index is 12.0. The van der Waals surface area contributed by atoms with Gasteiger partial charge in [0, 0.05) is 23.2 Å². The summed E-state index contributed by atoms with van der Waals surface area (Å²) in [5.41, 5.74) is 1.58. The van der Waals surface area contributed by atoms with Crippen LogP contribution in [0.15, 0.2) is 30.5 Å². The van der Waals surface area contributed by atoms with E-state index in [1.165, 1.54) is 11.3 Å². The summed E-state index contributed by atoms with van der Waals surface area (Å²) in [6.45, 7) is 0. The van der Waals surface area contributed by atoms with Gasteiger partial charge in [-0.15, -0.1) is 11.3 Å². The number of rotatable bonds is 5. The number of amides is 2. The van der Waals surface area contributed by atoms with Crippen LogP contribution in [0.5, 0.6) is 0 Å². The zero-order valence-corrected chi connectivity index (χ0v) is 13.4. The molecular formula is C17H17N3O2S. The molecule has 1 aromatic carbocycles. The number of aromatic nitrogens is 1. The van der Waals surface area contributed by atoms with Crippen molar-refractivity contribution >= 4 is 23.2 Å². The highest BCUT2D eigenvalue weighted by Crippen LogP contribution is 2.27. The van der Waals surface area contributed by atoms with Gasteiger partial charge in [-0.1, -0.05) is 12.1 Å². The minimum Gasteiger partial charge on any atom is -0.349 e. The van der Waals surface area contributed by atoms with Crippen LogP contribution in [0.1, 0.15) is 45.7 Å². The molecule has 1 aromatic heterocycles. The van der Waals surface area contributed by atoms with Gasteiger partial charge in [0.2, 0.25) is 0 Å². The first kappa shape index (κ1) is 14.4. The summed E-state index contributed by atoms with van der Waals surface area (Å²) in [4.78, 5) is 28.9. The van der Waals surface area contributed by atoms with Crippen LogP contribution < -0.4 is 10.6 Å². The van der Waals surface area contributed by atoms with Crippen LogP contribution in [0.25, 0.3) is 10.6 Å². The third kappa shape index (κ3) is 3.42. The Labute approximate surface area is 138 Å². The predicted molar refractivity (Wildman–Crippen MR) is 88.5 cm³/mol. The normalized spacial score (nSPS) is 16.9. The molecule has 0 unspecified atom stereocenters. The fraction of sp³-hybridized carbons (Fsp3) is 0.353. The summed E-state index contributed by atoms with van der Waals surface area (Å²) in [6, 6.07) is 8.06. The second-order valence-corrected chi connectivity index (χ2v) is 7.13. The average molecular weight is 327 g/mol. The third-order valence-electron chi connectivity index (χ3n) is 3.95. The highest BCUT2D eigenvalue weighted by atomic mass is 32.1. The number of benzene rings is 1. The van der Waals surface area contributed by atoms with Crippen LogP contribution in [0.3, 0.4) is 0 Å². The van der Waals surface area contributed by atoms with Gasteiger partial charge in [-0.2, -0.15) is 0 Å². The van der Waals surface area contributed by atoms with Gasteiger partial charge in [-0.25, -0.2) is 4.98 Å². The van der Waals surface area contributed by atoms with Crippen LogP contribution in [-0.4, -0.2) is 28.9 Å². The van der Waals surface area contributed by atoms with E-state index in [9.17, 15) is 9.59 Å². The molecule has 1 heterocycles. The first-order valence-electron chi connectivity index (χ1n) is 7.87. The molecular weight excluding hydrogens is 310 g/mol. The molecule has 2 aromatic rings. The fourth-order valence-electron chi connectivity index (χ4n) is 2.26. The van der Waals surface area contributed by atoms with Crippen molar-refractivity contribution in [2.45, 2.75) is 37.8 Å². The summed E-state index contributed by atoms with van der Waals surface area (Å²) in [6.07, 6.45) is 5.91. The molecule has 23 heavy (non-hydrogen) atoms. The third-order valence-corrected chi connectivity index (χ3v) is 4.99. The summed E-state index contributed by atoms with van der Waals surface area (Å²) >= 11 is 1.38. The number of carbonyl (C=O) groups is 2. The van der Waals surface area contributed by atoms with Gasteiger partial charge in [-0.05, 0) is 37.8 Å². The molecule has 4 rings (SSSR count). The largest absolute Gasteiger partial charge is 0.349 e. The zero-order chi connectivity index (χ0) is 15.8. The van der Waals surface area contributed by atoms with E-state index in [1.807, 2.05) is 12.1 Å². The Balaban J connectivity index is 1.45. The Morgan fingerprint density at radius 1 is 0.957 bits per heavy atom. The lowest BCUT2D eigenvalue weighted by atomic mass is 10.1. The lowest BCUT2D eigenvalue weighted by Gasteiger charge is -2.03. The number of hydrogen-bond donors (Lipinski definition) is 2. The Hall–Kier alpha value is -2.21. The van der Waals surface area contributed by atoms with Crippen LogP contribution in [0.2, 0.25) is 0 Å². The van der Waals surface area contributed by atoms with Gasteiger partial charge in [0.1, 0.15) is 9.88 Å². The van der Waals surface area contributed by atoms with E-state index in [-0.39, 0.29) is 11.8 Å². The Morgan fingerprint density at radius 2 is 1.57 bits per heavy atom. The number of nitrogens with zero attached hydrogens (tertiary/aromatic N) is 1. The molecule has 0 atom stereocenters. The van der Waals surface area contributed by atoms with E-state index < -0.39 is 0 Å². The molecule has 0 aliphatic heterocycles. The number of thiazole rings is 1. The molecule has 0 radical (unpaired) electrons. The van der Waals surface area contributed by atoms with Crippen LogP contribution in [0, 0.1) is 0 Å². The van der Waals surface area contributed by atoms with Gasteiger partial charge in [0.15, 0.2) is 0 Å². The zero-order valence-electron chi connectivity index (χ0n) is 12.5. The van der Waals surface area contributed by atoms with Crippen molar-refractivity contribution in [2.75, 3.05) is 0 Å². The summed E-state index contributed by atoms with van der Waals surface area (Å²) in [7, 11) is 0. The first-order chi connectivity index (χ1) is 11.2. The Kier molecular flexibility index (Phi) is 3.61. The first-order valence-corrected chi connectivity index (χ1v) is 8.69. The van der Waals surface area contributed by atoms with E-state index >= 15 is 0 Å². The number of hydrogen-bond acceptors (Lipinski definition) is 4. The smallest absolute Gasteiger partial charge is 0.263 e. The van der Waals surface area contributed by atoms with Crippen molar-refractivity contribution in [3.8, 4) is 10.6 Å².